The number of amides is 1. The summed E-state index contributed by atoms with van der Waals surface area (Å²) in [6.45, 7) is 2.78. The molecule has 0 aromatic heterocycles. The molecule has 2 aromatic carbocycles. The summed E-state index contributed by atoms with van der Waals surface area (Å²) in [5.41, 5.74) is 3.16. The van der Waals surface area contributed by atoms with Crippen molar-refractivity contribution in [1.82, 2.24) is 9.80 Å². The number of aliphatic hydroxyl groups excluding tert-OH is 1. The normalized spacial score (nSPS) is 27.9. The van der Waals surface area contributed by atoms with E-state index in [2.05, 4.69) is 17.0 Å². The molecule has 0 radical (unpaired) electrons. The second kappa shape index (κ2) is 10.5. The Morgan fingerprint density at radius 3 is 2.71 bits per heavy atom. The van der Waals surface area contributed by atoms with E-state index in [1.165, 1.54) is 17.2 Å². The molecular weight excluding hydrogens is 435 g/mol. The average Bonchev–Trinajstić information content (AvgIpc) is 2.84. The van der Waals surface area contributed by atoms with Crippen LogP contribution in [0.25, 0.3) is 0 Å². The molecule has 0 unspecified atom stereocenters. The van der Waals surface area contributed by atoms with Gasteiger partial charge in [-0.25, -0.2) is 4.39 Å². The molecule has 4 atom stereocenters. The maximum Gasteiger partial charge on any atom is 0.225 e. The van der Waals surface area contributed by atoms with Gasteiger partial charge in [-0.05, 0) is 36.5 Å². The lowest BCUT2D eigenvalue weighted by Gasteiger charge is -2.44. The van der Waals surface area contributed by atoms with Crippen LogP contribution in [0.3, 0.4) is 0 Å². The number of hydrogen-bond acceptors (Lipinski definition) is 5. The number of fused-ring (bicyclic) bond motifs is 2. The van der Waals surface area contributed by atoms with E-state index in [-0.39, 0.29) is 36.6 Å². The van der Waals surface area contributed by atoms with E-state index in [4.69, 9.17) is 9.47 Å². The summed E-state index contributed by atoms with van der Waals surface area (Å²) in [5.74, 6) is -0.112. The van der Waals surface area contributed by atoms with Crippen LogP contribution in [0.5, 0.6) is 0 Å². The molecule has 3 aliphatic heterocycles. The van der Waals surface area contributed by atoms with Crippen molar-refractivity contribution >= 4 is 5.91 Å². The minimum Gasteiger partial charge on any atom is -0.389 e. The lowest BCUT2D eigenvalue weighted by atomic mass is 9.93. The van der Waals surface area contributed by atoms with Crippen molar-refractivity contribution in [3.05, 3.63) is 71.0 Å². The number of benzene rings is 2. The van der Waals surface area contributed by atoms with Crippen molar-refractivity contribution < 1.29 is 23.8 Å². The Morgan fingerprint density at radius 2 is 1.85 bits per heavy atom. The fraction of sp³-hybridized carbons (Fsp3) is 0.519. The van der Waals surface area contributed by atoms with Crippen LogP contribution in [0.15, 0.2) is 48.5 Å². The Balaban J connectivity index is 1.23. The van der Waals surface area contributed by atoms with Gasteiger partial charge < -0.3 is 19.5 Å². The van der Waals surface area contributed by atoms with Crippen LogP contribution >= 0.6 is 0 Å². The summed E-state index contributed by atoms with van der Waals surface area (Å²) in [6, 6.07) is 15.1. The van der Waals surface area contributed by atoms with E-state index in [9.17, 15) is 14.3 Å². The van der Waals surface area contributed by atoms with Gasteiger partial charge in [0.15, 0.2) is 0 Å². The Morgan fingerprint density at radius 1 is 1.06 bits per heavy atom. The topological polar surface area (TPSA) is 62.2 Å². The molecule has 7 heteroatoms. The van der Waals surface area contributed by atoms with Crippen LogP contribution in [0.2, 0.25) is 0 Å². The van der Waals surface area contributed by atoms with Crippen LogP contribution in [0, 0.1) is 5.82 Å². The number of ether oxygens (including phenoxy) is 2. The van der Waals surface area contributed by atoms with Crippen molar-refractivity contribution in [1.29, 1.82) is 0 Å². The average molecular weight is 469 g/mol. The van der Waals surface area contributed by atoms with Crippen LogP contribution in [-0.4, -0.2) is 71.5 Å². The first-order chi connectivity index (χ1) is 16.6. The minimum absolute atomic E-state index is 0.00257. The Hall–Kier alpha value is -2.32. The van der Waals surface area contributed by atoms with Crippen molar-refractivity contribution in [2.45, 2.75) is 63.1 Å². The summed E-state index contributed by atoms with van der Waals surface area (Å²) in [5, 5.41) is 10.4. The fourth-order valence-electron chi connectivity index (χ4n) is 5.51. The summed E-state index contributed by atoms with van der Waals surface area (Å²) in [4.78, 5) is 17.1. The van der Waals surface area contributed by atoms with E-state index in [1.54, 1.807) is 12.1 Å². The predicted molar refractivity (Wildman–Crippen MR) is 125 cm³/mol. The molecule has 3 aliphatic rings. The highest BCUT2D eigenvalue weighted by Crippen LogP contribution is 2.30. The molecule has 3 heterocycles. The molecular formula is C27H33FN2O4. The van der Waals surface area contributed by atoms with E-state index in [1.807, 2.05) is 23.1 Å². The summed E-state index contributed by atoms with van der Waals surface area (Å²) in [6.07, 6.45) is 1.81. The Bertz CT molecular complexity index is 1000. The molecule has 0 aliphatic carbocycles. The second-order valence-corrected chi connectivity index (χ2v) is 9.69. The molecule has 0 saturated carbocycles. The highest BCUT2D eigenvalue weighted by Gasteiger charge is 2.38. The number of hydrogen-bond donors (Lipinski definition) is 1. The second-order valence-electron chi connectivity index (χ2n) is 9.69. The van der Waals surface area contributed by atoms with E-state index in [0.29, 0.717) is 38.2 Å². The van der Waals surface area contributed by atoms with Crippen LogP contribution in [0.4, 0.5) is 4.39 Å². The number of nitrogens with zero attached hydrogens (tertiary/aromatic N) is 2. The van der Waals surface area contributed by atoms with Crippen LogP contribution < -0.4 is 0 Å². The lowest BCUT2D eigenvalue weighted by molar-refractivity contribution is -0.161. The molecule has 1 N–H and O–H groups in total. The maximum absolute atomic E-state index is 14.3. The molecule has 2 aromatic rings. The van der Waals surface area contributed by atoms with Gasteiger partial charge in [0.2, 0.25) is 5.91 Å². The van der Waals surface area contributed by atoms with Gasteiger partial charge in [-0.3, -0.25) is 9.69 Å². The van der Waals surface area contributed by atoms with Crippen LogP contribution in [-0.2, 0) is 33.8 Å². The molecule has 5 rings (SSSR count). The van der Waals surface area contributed by atoms with Gasteiger partial charge in [0.1, 0.15) is 5.82 Å². The molecule has 2 fully saturated rings. The van der Waals surface area contributed by atoms with Gasteiger partial charge >= 0.3 is 0 Å². The van der Waals surface area contributed by atoms with Crippen molar-refractivity contribution in [3.63, 3.8) is 0 Å². The van der Waals surface area contributed by atoms with E-state index < -0.39 is 6.10 Å². The Kier molecular flexibility index (Phi) is 7.25. The number of carbonyl (C=O) groups is 1. The third-order valence-corrected chi connectivity index (χ3v) is 7.30. The highest BCUT2D eigenvalue weighted by atomic mass is 19.1. The summed E-state index contributed by atoms with van der Waals surface area (Å²) in [7, 11) is 0. The number of carbonyl (C=O) groups excluding carboxylic acids is 1. The molecule has 6 nitrogen and oxygen atoms in total. The predicted octanol–water partition coefficient (Wildman–Crippen LogP) is 2.91. The van der Waals surface area contributed by atoms with Crippen molar-refractivity contribution in [3.8, 4) is 0 Å². The molecule has 182 valence electrons. The largest absolute Gasteiger partial charge is 0.389 e. The SMILES string of the molecule is O=C(C[C@@H]1CC[C@@H]2[C@H](COC[C@H](O)CN2Cc2ccccc2F)O1)N1CCc2ccccc2C1. The van der Waals surface area contributed by atoms with Crippen LogP contribution in [0.1, 0.15) is 36.0 Å². The zero-order valence-electron chi connectivity index (χ0n) is 19.4. The minimum atomic E-state index is -0.631. The molecule has 2 saturated heterocycles. The van der Waals surface area contributed by atoms with Crippen molar-refractivity contribution in [2.75, 3.05) is 26.3 Å². The van der Waals surface area contributed by atoms with E-state index in [0.717, 1.165) is 25.8 Å². The first-order valence-electron chi connectivity index (χ1n) is 12.3. The highest BCUT2D eigenvalue weighted by molar-refractivity contribution is 5.77. The number of rotatable bonds is 4. The van der Waals surface area contributed by atoms with Gasteiger partial charge in [-0.2, -0.15) is 0 Å². The quantitative estimate of drug-likeness (QED) is 0.748. The standard InChI is InChI=1S/C27H33FN2O4/c28-24-8-4-3-7-21(24)15-30-16-22(31)17-33-18-26-25(30)10-9-23(34-26)13-27(32)29-12-11-19-5-1-2-6-20(19)14-29/h1-8,22-23,25-26,31H,9-18H2/t22-,23+,25-,26+/m1/s1. The zero-order valence-corrected chi connectivity index (χ0v) is 19.4. The lowest BCUT2D eigenvalue weighted by Crippen LogP contribution is -2.55. The van der Waals surface area contributed by atoms with Gasteiger partial charge in [-0.15, -0.1) is 0 Å². The molecule has 1 amide bonds. The van der Waals surface area contributed by atoms with E-state index >= 15 is 0 Å². The van der Waals surface area contributed by atoms with Gasteiger partial charge in [-0.1, -0.05) is 42.5 Å². The monoisotopic (exact) mass is 468 g/mol. The van der Waals surface area contributed by atoms with Crippen molar-refractivity contribution in [2.24, 2.45) is 0 Å². The number of β-amino-alcohol motifs (C(OH)–C–C–N with tert-alkyl or cyclic N) is 1. The molecule has 0 bridgehead atoms. The number of aliphatic hydroxyl groups is 1. The third-order valence-electron chi connectivity index (χ3n) is 7.30. The molecule has 0 spiro atoms. The van der Waals surface area contributed by atoms with Gasteiger partial charge in [0.05, 0.1) is 37.9 Å². The molecule has 34 heavy (non-hydrogen) atoms. The summed E-state index contributed by atoms with van der Waals surface area (Å²) < 4.78 is 26.5. The smallest absolute Gasteiger partial charge is 0.225 e. The summed E-state index contributed by atoms with van der Waals surface area (Å²) >= 11 is 0. The first kappa shape index (κ1) is 23.4. The zero-order chi connectivity index (χ0) is 23.5. The van der Waals surface area contributed by atoms with Gasteiger partial charge in [0.25, 0.3) is 0 Å². The fourth-order valence-corrected chi connectivity index (χ4v) is 5.51. The van der Waals surface area contributed by atoms with Gasteiger partial charge in [0, 0.05) is 37.8 Å². The maximum atomic E-state index is 14.3. The Labute approximate surface area is 200 Å². The number of halogens is 1. The third kappa shape index (κ3) is 5.33. The first-order valence-corrected chi connectivity index (χ1v) is 12.3.